The zero-order valence-corrected chi connectivity index (χ0v) is 16.0. The fourth-order valence-corrected chi connectivity index (χ4v) is 4.02. The van der Waals surface area contributed by atoms with Crippen LogP contribution >= 0.6 is 11.6 Å². The lowest BCUT2D eigenvalue weighted by molar-refractivity contribution is 0.309. The standard InChI is InChI=1S/C22H26ClN3/c1-26(14-15-8-9-15)12-4-6-19(24)22-17-5-2-3-7-20(17)25-21-13-16(23)10-11-18(21)22/h2-3,5,7,10-11,13,15,19H,4,6,8-9,12,14,24H2,1H3. The van der Waals surface area contributed by atoms with Gasteiger partial charge in [-0.25, -0.2) is 4.98 Å². The second-order valence-electron chi connectivity index (χ2n) is 7.66. The van der Waals surface area contributed by atoms with Crippen LogP contribution in [0.25, 0.3) is 21.8 Å². The summed E-state index contributed by atoms with van der Waals surface area (Å²) >= 11 is 6.19. The van der Waals surface area contributed by atoms with E-state index in [-0.39, 0.29) is 6.04 Å². The molecule has 3 nitrogen and oxygen atoms in total. The molecule has 1 fully saturated rings. The van der Waals surface area contributed by atoms with E-state index >= 15 is 0 Å². The van der Waals surface area contributed by atoms with Gasteiger partial charge in [0.15, 0.2) is 0 Å². The quantitative estimate of drug-likeness (QED) is 0.586. The minimum absolute atomic E-state index is 0.000834. The summed E-state index contributed by atoms with van der Waals surface area (Å²) in [4.78, 5) is 7.23. The Morgan fingerprint density at radius 3 is 2.73 bits per heavy atom. The molecule has 4 heteroatoms. The van der Waals surface area contributed by atoms with Gasteiger partial charge in [0.05, 0.1) is 11.0 Å². The molecule has 1 aliphatic carbocycles. The van der Waals surface area contributed by atoms with Crippen molar-refractivity contribution in [3.8, 4) is 0 Å². The van der Waals surface area contributed by atoms with Gasteiger partial charge in [-0.3, -0.25) is 0 Å². The van der Waals surface area contributed by atoms with Crippen LogP contribution in [0.5, 0.6) is 0 Å². The molecule has 0 aliphatic heterocycles. The third-order valence-electron chi connectivity index (χ3n) is 5.38. The maximum Gasteiger partial charge on any atom is 0.0727 e. The smallest absolute Gasteiger partial charge is 0.0727 e. The number of pyridine rings is 1. The van der Waals surface area contributed by atoms with E-state index < -0.39 is 0 Å². The molecule has 4 rings (SSSR count). The predicted molar refractivity (Wildman–Crippen MR) is 111 cm³/mol. The lowest BCUT2D eigenvalue weighted by Crippen LogP contribution is -2.23. The molecule has 1 saturated carbocycles. The Balaban J connectivity index is 1.60. The third kappa shape index (κ3) is 3.85. The third-order valence-corrected chi connectivity index (χ3v) is 5.61. The molecule has 26 heavy (non-hydrogen) atoms. The SMILES string of the molecule is CN(CCCC(N)c1c2ccccc2nc2cc(Cl)ccc12)CC1CC1. The summed E-state index contributed by atoms with van der Waals surface area (Å²) in [6, 6.07) is 14.2. The number of rotatable bonds is 7. The maximum absolute atomic E-state index is 6.69. The Morgan fingerprint density at radius 2 is 1.92 bits per heavy atom. The van der Waals surface area contributed by atoms with Crippen molar-refractivity contribution >= 4 is 33.4 Å². The highest BCUT2D eigenvalue weighted by Crippen LogP contribution is 2.33. The summed E-state index contributed by atoms with van der Waals surface area (Å²) in [6.07, 6.45) is 4.89. The van der Waals surface area contributed by atoms with E-state index in [2.05, 4.69) is 36.2 Å². The second-order valence-corrected chi connectivity index (χ2v) is 8.09. The summed E-state index contributed by atoms with van der Waals surface area (Å²) in [7, 11) is 2.23. The van der Waals surface area contributed by atoms with Gasteiger partial charge in [0.25, 0.3) is 0 Å². The minimum Gasteiger partial charge on any atom is -0.324 e. The Hall–Kier alpha value is -1.68. The number of fused-ring (bicyclic) bond motifs is 2. The predicted octanol–water partition coefficient (Wildman–Crippen LogP) is 5.16. The minimum atomic E-state index is 0.000834. The molecule has 3 aromatic rings. The lowest BCUT2D eigenvalue weighted by Gasteiger charge is -2.20. The normalized spacial score (nSPS) is 15.8. The van der Waals surface area contributed by atoms with Crippen LogP contribution in [0.15, 0.2) is 42.5 Å². The van der Waals surface area contributed by atoms with Crippen LogP contribution in [-0.2, 0) is 0 Å². The van der Waals surface area contributed by atoms with Crippen LogP contribution in [0, 0.1) is 5.92 Å². The first-order chi connectivity index (χ1) is 12.6. The van der Waals surface area contributed by atoms with Crippen molar-refractivity contribution in [1.29, 1.82) is 0 Å². The van der Waals surface area contributed by atoms with Crippen molar-refractivity contribution in [1.82, 2.24) is 9.88 Å². The first-order valence-electron chi connectivity index (χ1n) is 9.54. The lowest BCUT2D eigenvalue weighted by atomic mass is 9.94. The fraction of sp³-hybridized carbons (Fsp3) is 0.409. The van der Waals surface area contributed by atoms with E-state index in [4.69, 9.17) is 22.3 Å². The highest BCUT2D eigenvalue weighted by molar-refractivity contribution is 6.31. The van der Waals surface area contributed by atoms with E-state index in [0.29, 0.717) is 5.02 Å². The van der Waals surface area contributed by atoms with Crippen LogP contribution in [-0.4, -0.2) is 30.0 Å². The second kappa shape index (κ2) is 7.51. The van der Waals surface area contributed by atoms with E-state index in [1.807, 2.05) is 18.2 Å². The van der Waals surface area contributed by atoms with Crippen molar-refractivity contribution in [3.05, 3.63) is 53.1 Å². The number of halogens is 1. The number of para-hydroxylation sites is 1. The molecular formula is C22H26ClN3. The summed E-state index contributed by atoms with van der Waals surface area (Å²) in [6.45, 7) is 2.34. The summed E-state index contributed by atoms with van der Waals surface area (Å²) in [5, 5.41) is 2.98. The van der Waals surface area contributed by atoms with Gasteiger partial charge in [0.1, 0.15) is 0 Å². The first-order valence-corrected chi connectivity index (χ1v) is 9.91. The summed E-state index contributed by atoms with van der Waals surface area (Å²) in [5.74, 6) is 0.937. The van der Waals surface area contributed by atoms with E-state index in [1.54, 1.807) is 0 Å². The molecule has 2 N–H and O–H groups in total. The molecule has 136 valence electrons. The van der Waals surface area contributed by atoms with Crippen molar-refractivity contribution in [2.24, 2.45) is 11.7 Å². The van der Waals surface area contributed by atoms with Gasteiger partial charge in [-0.2, -0.15) is 0 Å². The average Bonchev–Trinajstić information content (AvgIpc) is 3.43. The molecule has 1 heterocycles. The zero-order chi connectivity index (χ0) is 18.1. The van der Waals surface area contributed by atoms with Gasteiger partial charge in [-0.1, -0.05) is 35.9 Å². The first kappa shape index (κ1) is 17.7. The highest BCUT2D eigenvalue weighted by atomic mass is 35.5. The Kier molecular flexibility index (Phi) is 5.12. The Bertz CT molecular complexity index is 920. The van der Waals surface area contributed by atoms with Gasteiger partial charge in [0.2, 0.25) is 0 Å². The summed E-state index contributed by atoms with van der Waals surface area (Å²) in [5.41, 5.74) is 9.80. The molecule has 1 unspecified atom stereocenters. The van der Waals surface area contributed by atoms with Crippen LogP contribution < -0.4 is 5.73 Å². The highest BCUT2D eigenvalue weighted by Gasteiger charge is 2.22. The van der Waals surface area contributed by atoms with E-state index in [9.17, 15) is 0 Å². The molecule has 0 spiro atoms. The van der Waals surface area contributed by atoms with Gasteiger partial charge in [-0.05, 0) is 69.0 Å². The molecule has 0 bridgehead atoms. The number of aromatic nitrogens is 1. The van der Waals surface area contributed by atoms with Crippen molar-refractivity contribution < 1.29 is 0 Å². The molecule has 0 saturated heterocycles. The zero-order valence-electron chi connectivity index (χ0n) is 15.3. The van der Waals surface area contributed by atoms with Crippen molar-refractivity contribution in [3.63, 3.8) is 0 Å². The van der Waals surface area contributed by atoms with Crippen molar-refractivity contribution in [2.45, 2.75) is 31.7 Å². The van der Waals surface area contributed by atoms with Crippen LogP contribution in [0.3, 0.4) is 0 Å². The van der Waals surface area contributed by atoms with E-state index in [1.165, 1.54) is 24.9 Å². The van der Waals surface area contributed by atoms with Gasteiger partial charge in [0, 0.05) is 28.4 Å². The molecule has 2 aromatic carbocycles. The topological polar surface area (TPSA) is 42.1 Å². The van der Waals surface area contributed by atoms with E-state index in [0.717, 1.165) is 47.1 Å². The molecule has 1 aliphatic rings. The summed E-state index contributed by atoms with van der Waals surface area (Å²) < 4.78 is 0. The Labute approximate surface area is 160 Å². The monoisotopic (exact) mass is 367 g/mol. The molecule has 1 aromatic heterocycles. The number of benzene rings is 2. The molecule has 0 radical (unpaired) electrons. The maximum atomic E-state index is 6.69. The fourth-order valence-electron chi connectivity index (χ4n) is 3.86. The molecule has 0 amide bonds. The Morgan fingerprint density at radius 1 is 1.15 bits per heavy atom. The van der Waals surface area contributed by atoms with Gasteiger partial charge < -0.3 is 10.6 Å². The largest absolute Gasteiger partial charge is 0.324 e. The molecule has 1 atom stereocenters. The van der Waals surface area contributed by atoms with Gasteiger partial charge >= 0.3 is 0 Å². The van der Waals surface area contributed by atoms with Crippen LogP contribution in [0.1, 0.15) is 37.3 Å². The van der Waals surface area contributed by atoms with Crippen LogP contribution in [0.2, 0.25) is 5.02 Å². The number of hydrogen-bond acceptors (Lipinski definition) is 3. The van der Waals surface area contributed by atoms with Crippen molar-refractivity contribution in [2.75, 3.05) is 20.1 Å². The number of nitrogens with zero attached hydrogens (tertiary/aromatic N) is 2. The number of hydrogen-bond donors (Lipinski definition) is 1. The van der Waals surface area contributed by atoms with Crippen LogP contribution in [0.4, 0.5) is 0 Å². The number of nitrogens with two attached hydrogens (primary N) is 1. The molecular weight excluding hydrogens is 342 g/mol. The average molecular weight is 368 g/mol. The van der Waals surface area contributed by atoms with Gasteiger partial charge in [-0.15, -0.1) is 0 Å².